The molecule has 2 rings (SSSR count). The van der Waals surface area contributed by atoms with E-state index in [9.17, 15) is 4.79 Å². The first kappa shape index (κ1) is 15.1. The summed E-state index contributed by atoms with van der Waals surface area (Å²) >= 11 is 5.96. The first-order chi connectivity index (χ1) is 9.66. The third-order valence-corrected chi connectivity index (χ3v) is 3.90. The Hall–Kier alpha value is -1.26. The number of nitrogens with one attached hydrogen (secondary N) is 1. The Morgan fingerprint density at radius 2 is 2.10 bits per heavy atom. The zero-order chi connectivity index (χ0) is 14.4. The predicted molar refractivity (Wildman–Crippen MR) is 81.0 cm³/mol. The van der Waals surface area contributed by atoms with Crippen LogP contribution >= 0.6 is 11.6 Å². The molecule has 1 aliphatic rings. The van der Waals surface area contributed by atoms with Crippen LogP contribution in [0.5, 0.6) is 0 Å². The smallest absolute Gasteiger partial charge is 0.339 e. The summed E-state index contributed by atoms with van der Waals surface area (Å²) in [5.41, 5.74) is 6.48. The lowest BCUT2D eigenvalue weighted by Gasteiger charge is -2.22. The van der Waals surface area contributed by atoms with Gasteiger partial charge < -0.3 is 15.8 Å². The average molecular weight is 297 g/mol. The maximum atomic E-state index is 11.9. The highest BCUT2D eigenvalue weighted by atomic mass is 35.5. The monoisotopic (exact) mass is 296 g/mol. The zero-order valence-electron chi connectivity index (χ0n) is 11.5. The average Bonchev–Trinajstić information content (AvgIpc) is 2.44. The first-order valence-electron chi connectivity index (χ1n) is 7.12. The van der Waals surface area contributed by atoms with Gasteiger partial charge >= 0.3 is 5.97 Å². The van der Waals surface area contributed by atoms with Gasteiger partial charge in [0.25, 0.3) is 0 Å². The molecule has 110 valence electrons. The molecule has 0 radical (unpaired) electrons. The number of halogens is 1. The van der Waals surface area contributed by atoms with Gasteiger partial charge in [-0.05, 0) is 31.0 Å². The molecule has 1 aromatic carbocycles. The van der Waals surface area contributed by atoms with Gasteiger partial charge in [-0.2, -0.15) is 0 Å². The molecule has 0 bridgehead atoms. The molecule has 0 aromatic heterocycles. The van der Waals surface area contributed by atoms with E-state index in [0.717, 1.165) is 0 Å². The van der Waals surface area contributed by atoms with Gasteiger partial charge in [-0.15, -0.1) is 0 Å². The van der Waals surface area contributed by atoms with Gasteiger partial charge in [0.2, 0.25) is 0 Å². The van der Waals surface area contributed by atoms with Crippen LogP contribution in [0.15, 0.2) is 18.2 Å². The van der Waals surface area contributed by atoms with Crippen molar-refractivity contribution in [2.75, 3.05) is 18.9 Å². The Morgan fingerprint density at radius 1 is 1.35 bits per heavy atom. The molecule has 20 heavy (non-hydrogen) atoms. The molecule has 0 amide bonds. The predicted octanol–water partition coefficient (Wildman–Crippen LogP) is 3.00. The van der Waals surface area contributed by atoms with Crippen molar-refractivity contribution in [1.82, 2.24) is 5.32 Å². The Kier molecular flexibility index (Phi) is 5.68. The number of anilines is 1. The standard InChI is InChI=1S/C15H21ClN2O2/c16-14-10-11(17)6-7-13(14)15(19)20-9-8-18-12-4-2-1-3-5-12/h6-7,10,12,18H,1-5,8-9,17H2. The molecule has 5 heteroatoms. The first-order valence-corrected chi connectivity index (χ1v) is 7.50. The molecule has 0 heterocycles. The number of ether oxygens (including phenoxy) is 1. The van der Waals surface area contributed by atoms with Crippen molar-refractivity contribution in [3.63, 3.8) is 0 Å². The van der Waals surface area contributed by atoms with Crippen molar-refractivity contribution in [2.45, 2.75) is 38.1 Å². The summed E-state index contributed by atoms with van der Waals surface area (Å²) in [6.07, 6.45) is 6.36. The fourth-order valence-electron chi connectivity index (χ4n) is 2.49. The molecule has 1 aromatic rings. The molecule has 0 saturated heterocycles. The SMILES string of the molecule is Nc1ccc(C(=O)OCCNC2CCCCC2)c(Cl)c1. The number of rotatable bonds is 5. The number of carbonyl (C=O) groups is 1. The zero-order valence-corrected chi connectivity index (χ0v) is 12.3. The van der Waals surface area contributed by atoms with Crippen LogP contribution in [0.2, 0.25) is 5.02 Å². The number of hydrogen-bond donors (Lipinski definition) is 2. The highest BCUT2D eigenvalue weighted by Gasteiger charge is 2.14. The van der Waals surface area contributed by atoms with Gasteiger partial charge in [-0.1, -0.05) is 30.9 Å². The lowest BCUT2D eigenvalue weighted by atomic mass is 9.96. The highest BCUT2D eigenvalue weighted by molar-refractivity contribution is 6.33. The fraction of sp³-hybridized carbons (Fsp3) is 0.533. The summed E-state index contributed by atoms with van der Waals surface area (Å²) in [5, 5.41) is 3.75. The van der Waals surface area contributed by atoms with Crippen molar-refractivity contribution in [3.8, 4) is 0 Å². The second kappa shape index (κ2) is 7.50. The van der Waals surface area contributed by atoms with Crippen LogP contribution < -0.4 is 11.1 Å². The van der Waals surface area contributed by atoms with Crippen LogP contribution in [0.4, 0.5) is 5.69 Å². The summed E-state index contributed by atoms with van der Waals surface area (Å²) < 4.78 is 5.21. The largest absolute Gasteiger partial charge is 0.461 e. The van der Waals surface area contributed by atoms with Gasteiger partial charge in [0.05, 0.1) is 10.6 Å². The van der Waals surface area contributed by atoms with E-state index in [1.54, 1.807) is 18.2 Å². The normalized spacial score (nSPS) is 16.1. The Morgan fingerprint density at radius 3 is 2.80 bits per heavy atom. The third-order valence-electron chi connectivity index (χ3n) is 3.59. The summed E-state index contributed by atoms with van der Waals surface area (Å²) in [6.45, 7) is 1.04. The number of nitrogens with two attached hydrogens (primary N) is 1. The van der Waals surface area contributed by atoms with E-state index in [-0.39, 0.29) is 0 Å². The molecule has 0 aliphatic heterocycles. The number of nitrogen functional groups attached to an aromatic ring is 1. The van der Waals surface area contributed by atoms with E-state index in [0.29, 0.717) is 35.5 Å². The summed E-state index contributed by atoms with van der Waals surface area (Å²) in [6, 6.07) is 5.36. The van der Waals surface area contributed by atoms with Crippen LogP contribution in [0.3, 0.4) is 0 Å². The van der Waals surface area contributed by atoms with E-state index in [2.05, 4.69) is 5.32 Å². The Balaban J connectivity index is 1.72. The highest BCUT2D eigenvalue weighted by Crippen LogP contribution is 2.20. The van der Waals surface area contributed by atoms with Crippen molar-refractivity contribution >= 4 is 23.3 Å². The topological polar surface area (TPSA) is 64.4 Å². The second-order valence-corrected chi connectivity index (χ2v) is 5.57. The maximum absolute atomic E-state index is 11.9. The van der Waals surface area contributed by atoms with Crippen LogP contribution in [0.1, 0.15) is 42.5 Å². The van der Waals surface area contributed by atoms with E-state index in [1.165, 1.54) is 32.1 Å². The van der Waals surface area contributed by atoms with Crippen LogP contribution in [0.25, 0.3) is 0 Å². The van der Waals surface area contributed by atoms with Crippen molar-refractivity contribution < 1.29 is 9.53 Å². The number of carbonyl (C=O) groups excluding carboxylic acids is 1. The Labute approximate surface area is 124 Å². The van der Waals surface area contributed by atoms with E-state index in [4.69, 9.17) is 22.1 Å². The van der Waals surface area contributed by atoms with Gasteiger partial charge in [0, 0.05) is 18.3 Å². The molecule has 0 atom stereocenters. The third kappa shape index (κ3) is 4.39. The molecule has 1 fully saturated rings. The van der Waals surface area contributed by atoms with Gasteiger partial charge in [-0.25, -0.2) is 4.79 Å². The van der Waals surface area contributed by atoms with Crippen LogP contribution in [-0.4, -0.2) is 25.2 Å². The molecule has 0 spiro atoms. The number of benzene rings is 1. The van der Waals surface area contributed by atoms with Crippen LogP contribution in [-0.2, 0) is 4.74 Å². The summed E-state index contributed by atoms with van der Waals surface area (Å²) in [4.78, 5) is 11.9. The molecule has 3 N–H and O–H groups in total. The van der Waals surface area contributed by atoms with E-state index in [1.807, 2.05) is 0 Å². The van der Waals surface area contributed by atoms with E-state index < -0.39 is 5.97 Å². The lowest BCUT2D eigenvalue weighted by molar-refractivity contribution is 0.0504. The minimum atomic E-state index is -0.402. The molecular weight excluding hydrogens is 276 g/mol. The fourth-order valence-corrected chi connectivity index (χ4v) is 2.75. The lowest BCUT2D eigenvalue weighted by Crippen LogP contribution is -2.33. The summed E-state index contributed by atoms with van der Waals surface area (Å²) in [5.74, 6) is -0.402. The van der Waals surface area contributed by atoms with Gasteiger partial charge in [-0.3, -0.25) is 0 Å². The van der Waals surface area contributed by atoms with Crippen LogP contribution in [0, 0.1) is 0 Å². The van der Waals surface area contributed by atoms with Crippen molar-refractivity contribution in [1.29, 1.82) is 0 Å². The Bertz CT molecular complexity index is 459. The molecule has 0 unspecified atom stereocenters. The maximum Gasteiger partial charge on any atom is 0.339 e. The molecule has 1 aliphatic carbocycles. The van der Waals surface area contributed by atoms with Gasteiger partial charge in [0.1, 0.15) is 6.61 Å². The molecular formula is C15H21ClN2O2. The molecule has 1 saturated carbocycles. The minimum absolute atomic E-state index is 0.329. The van der Waals surface area contributed by atoms with Crippen molar-refractivity contribution in [2.24, 2.45) is 0 Å². The number of hydrogen-bond acceptors (Lipinski definition) is 4. The molecule has 4 nitrogen and oxygen atoms in total. The van der Waals surface area contributed by atoms with Gasteiger partial charge in [0.15, 0.2) is 0 Å². The quantitative estimate of drug-likeness (QED) is 0.498. The summed E-state index contributed by atoms with van der Waals surface area (Å²) in [7, 11) is 0. The minimum Gasteiger partial charge on any atom is -0.461 e. The number of esters is 1. The van der Waals surface area contributed by atoms with E-state index >= 15 is 0 Å². The second-order valence-electron chi connectivity index (χ2n) is 5.16. The van der Waals surface area contributed by atoms with Crippen molar-refractivity contribution in [3.05, 3.63) is 28.8 Å².